The van der Waals surface area contributed by atoms with E-state index in [1.807, 2.05) is 0 Å². The topological polar surface area (TPSA) is 19.7 Å². The van der Waals surface area contributed by atoms with E-state index in [1.54, 1.807) is 0 Å². The van der Waals surface area contributed by atoms with Crippen molar-refractivity contribution in [2.45, 2.75) is 0 Å². The van der Waals surface area contributed by atoms with Gasteiger partial charge in [-0.15, -0.1) is 0 Å². The van der Waals surface area contributed by atoms with Crippen molar-refractivity contribution < 1.29 is 0 Å². The van der Waals surface area contributed by atoms with Crippen LogP contribution in [0.15, 0.2) is 388 Å². The van der Waals surface area contributed by atoms with Gasteiger partial charge in [-0.1, -0.05) is 279 Å². The molecule has 468 valence electrons. The fourth-order valence-electron chi connectivity index (χ4n) is 15.7. The lowest BCUT2D eigenvalue weighted by atomic mass is 9.99. The van der Waals surface area contributed by atoms with Crippen LogP contribution in [0.25, 0.3) is 177 Å². The second-order valence-corrected chi connectivity index (χ2v) is 25.9. The largest absolute Gasteiger partial charge is 0.309 e. The smallest absolute Gasteiger partial charge is 0.0548 e. The standard InChI is InChI=1S/2C48H32N2/c1-3-14-33(15-4-1)35-18-11-19-36(30-35)38-21-13-23-40(32-38)50-44-27-10-8-25-42(44)48-46(50)29-28-45-47(48)41-24-7-9-26-43(41)49(45)39-22-12-20-37(31-39)34-16-5-2-6-17-34;1-3-13-33(14-4-1)35-25-27-39(28-26-35)49-43-23-9-7-21-41(43)47-45(49)29-30-46-48(47)42-22-8-10-24-44(42)50(46)40-20-12-19-38(32-40)37-18-11-17-36(31-37)34-15-5-2-6-16-34/h2*1-32H. The van der Waals surface area contributed by atoms with Crippen molar-refractivity contribution >= 4 is 87.2 Å². The first kappa shape index (κ1) is 58.1. The Morgan fingerprint density at radius 1 is 0.120 bits per heavy atom. The Morgan fingerprint density at radius 2 is 0.330 bits per heavy atom. The molecule has 0 N–H and O–H groups in total. The maximum absolute atomic E-state index is 2.44. The van der Waals surface area contributed by atoms with E-state index in [0.29, 0.717) is 0 Å². The van der Waals surface area contributed by atoms with Crippen LogP contribution >= 0.6 is 0 Å². The van der Waals surface area contributed by atoms with Crippen LogP contribution in [-0.2, 0) is 0 Å². The molecule has 0 aliphatic rings. The fourth-order valence-corrected chi connectivity index (χ4v) is 15.7. The van der Waals surface area contributed by atoms with Crippen molar-refractivity contribution in [1.29, 1.82) is 0 Å². The number of aromatic nitrogens is 4. The minimum atomic E-state index is 1.15. The van der Waals surface area contributed by atoms with Crippen LogP contribution in [-0.4, -0.2) is 18.3 Å². The molecule has 0 aliphatic heterocycles. The maximum atomic E-state index is 2.44. The predicted molar refractivity (Wildman–Crippen MR) is 423 cm³/mol. The molecular formula is C96H64N4. The number of para-hydroxylation sites is 4. The molecule has 4 aromatic heterocycles. The Bertz CT molecular complexity index is 6490. The lowest BCUT2D eigenvalue weighted by Crippen LogP contribution is -1.95. The molecule has 16 aromatic carbocycles. The minimum absolute atomic E-state index is 1.15. The molecule has 0 radical (unpaired) electrons. The Kier molecular flexibility index (Phi) is 14.2. The van der Waals surface area contributed by atoms with Gasteiger partial charge in [-0.3, -0.25) is 0 Å². The van der Waals surface area contributed by atoms with Gasteiger partial charge in [-0.25, -0.2) is 0 Å². The molecule has 20 rings (SSSR count). The zero-order valence-electron chi connectivity index (χ0n) is 54.7. The van der Waals surface area contributed by atoms with Crippen LogP contribution < -0.4 is 0 Å². The molecule has 0 amide bonds. The van der Waals surface area contributed by atoms with Gasteiger partial charge in [0.2, 0.25) is 0 Å². The quantitative estimate of drug-likeness (QED) is 0.130. The molecule has 4 heterocycles. The van der Waals surface area contributed by atoms with Gasteiger partial charge in [-0.05, 0) is 176 Å². The van der Waals surface area contributed by atoms with Crippen molar-refractivity contribution in [2.75, 3.05) is 0 Å². The van der Waals surface area contributed by atoms with E-state index in [1.165, 1.54) is 154 Å². The summed E-state index contributed by atoms with van der Waals surface area (Å²) in [7, 11) is 0. The van der Waals surface area contributed by atoms with E-state index in [2.05, 4.69) is 407 Å². The van der Waals surface area contributed by atoms with E-state index < -0.39 is 0 Å². The highest BCUT2D eigenvalue weighted by molar-refractivity contribution is 6.30. The molecule has 0 bridgehead atoms. The summed E-state index contributed by atoms with van der Waals surface area (Å²) in [5, 5.41) is 10.2. The van der Waals surface area contributed by atoms with Crippen molar-refractivity contribution in [3.63, 3.8) is 0 Å². The molecule has 4 heteroatoms. The van der Waals surface area contributed by atoms with Crippen LogP contribution in [0, 0.1) is 0 Å². The zero-order valence-corrected chi connectivity index (χ0v) is 54.7. The predicted octanol–water partition coefficient (Wildman–Crippen LogP) is 25.8. The van der Waals surface area contributed by atoms with Crippen LogP contribution in [0.5, 0.6) is 0 Å². The van der Waals surface area contributed by atoms with Crippen molar-refractivity contribution in [2.24, 2.45) is 0 Å². The van der Waals surface area contributed by atoms with Gasteiger partial charge in [0.05, 0.1) is 44.1 Å². The van der Waals surface area contributed by atoms with Crippen LogP contribution in [0.4, 0.5) is 0 Å². The van der Waals surface area contributed by atoms with Gasteiger partial charge in [0, 0.05) is 65.8 Å². The van der Waals surface area contributed by atoms with Crippen molar-refractivity contribution in [3.05, 3.63) is 388 Å². The number of benzene rings is 16. The molecule has 0 saturated heterocycles. The second-order valence-electron chi connectivity index (χ2n) is 25.9. The first-order valence-corrected chi connectivity index (χ1v) is 34.4. The summed E-state index contributed by atoms with van der Waals surface area (Å²) in [4.78, 5) is 0. The molecular weight excluding hydrogens is 1210 g/mol. The Hall–Kier alpha value is -13.3. The number of nitrogens with zero attached hydrogens (tertiary/aromatic N) is 4. The summed E-state index contributed by atoms with van der Waals surface area (Å²) in [6, 6.07) is 141. The molecule has 0 unspecified atom stereocenters. The molecule has 100 heavy (non-hydrogen) atoms. The van der Waals surface area contributed by atoms with E-state index in [9.17, 15) is 0 Å². The van der Waals surface area contributed by atoms with Crippen LogP contribution in [0.2, 0.25) is 0 Å². The van der Waals surface area contributed by atoms with Crippen molar-refractivity contribution in [1.82, 2.24) is 18.3 Å². The van der Waals surface area contributed by atoms with E-state index in [-0.39, 0.29) is 0 Å². The summed E-state index contributed by atoms with van der Waals surface area (Å²) < 4.78 is 9.74. The third-order valence-corrected chi connectivity index (χ3v) is 20.2. The second kappa shape index (κ2) is 24.4. The van der Waals surface area contributed by atoms with E-state index in [0.717, 1.165) is 22.7 Å². The monoisotopic (exact) mass is 1270 g/mol. The van der Waals surface area contributed by atoms with Crippen molar-refractivity contribution in [3.8, 4) is 89.5 Å². The van der Waals surface area contributed by atoms with E-state index >= 15 is 0 Å². The van der Waals surface area contributed by atoms with Gasteiger partial charge in [0.25, 0.3) is 0 Å². The summed E-state index contributed by atoms with van der Waals surface area (Å²) in [5.74, 6) is 0. The highest BCUT2D eigenvalue weighted by atomic mass is 15.0. The Labute approximate surface area is 579 Å². The Morgan fingerprint density at radius 3 is 0.640 bits per heavy atom. The zero-order chi connectivity index (χ0) is 66.0. The normalized spacial score (nSPS) is 11.6. The van der Waals surface area contributed by atoms with Crippen LogP contribution in [0.3, 0.4) is 0 Å². The third-order valence-electron chi connectivity index (χ3n) is 20.2. The molecule has 0 saturated carbocycles. The highest BCUT2D eigenvalue weighted by Crippen LogP contribution is 2.46. The number of hydrogen-bond acceptors (Lipinski definition) is 0. The molecule has 0 spiro atoms. The SMILES string of the molecule is c1ccc(-c2ccc(-n3c4ccccc4c4c5c6ccccc6n(-c6cccc(-c7cccc(-c8ccccc8)c7)c6)c5ccc43)cc2)cc1.c1ccc(-c2cccc(-c3cccc(-n4c5ccccc5c5c6c7ccccc7n(-c7cccc(-c8ccccc8)c7)c6ccc54)c3)c2)cc1. The first-order chi connectivity index (χ1) is 49.6. The third kappa shape index (κ3) is 9.92. The summed E-state index contributed by atoms with van der Waals surface area (Å²) >= 11 is 0. The maximum Gasteiger partial charge on any atom is 0.0548 e. The van der Waals surface area contributed by atoms with E-state index in [4.69, 9.17) is 0 Å². The molecule has 0 aliphatic carbocycles. The number of hydrogen-bond donors (Lipinski definition) is 0. The Balaban J connectivity index is 0.000000139. The molecule has 0 fully saturated rings. The fraction of sp³-hybridized carbons (Fsp3) is 0. The van der Waals surface area contributed by atoms with Gasteiger partial charge in [0.15, 0.2) is 0 Å². The van der Waals surface area contributed by atoms with Crippen LogP contribution in [0.1, 0.15) is 0 Å². The summed E-state index contributed by atoms with van der Waals surface area (Å²) in [6.45, 7) is 0. The molecule has 20 aromatic rings. The highest BCUT2D eigenvalue weighted by Gasteiger charge is 2.24. The first-order valence-electron chi connectivity index (χ1n) is 34.4. The van der Waals surface area contributed by atoms with Gasteiger partial charge in [0.1, 0.15) is 0 Å². The van der Waals surface area contributed by atoms with Gasteiger partial charge >= 0.3 is 0 Å². The number of fused-ring (bicyclic) bond motifs is 14. The lowest BCUT2D eigenvalue weighted by Gasteiger charge is -2.12. The average Bonchev–Trinajstić information content (AvgIpc) is 1.56. The summed E-state index contributed by atoms with van der Waals surface area (Å²) in [5.41, 5.74) is 28.8. The summed E-state index contributed by atoms with van der Waals surface area (Å²) in [6.07, 6.45) is 0. The lowest BCUT2D eigenvalue weighted by molar-refractivity contribution is 1.17. The van der Waals surface area contributed by atoms with Gasteiger partial charge < -0.3 is 18.3 Å². The van der Waals surface area contributed by atoms with Gasteiger partial charge in [-0.2, -0.15) is 0 Å². The minimum Gasteiger partial charge on any atom is -0.309 e. The molecule has 0 atom stereocenters. The average molecular weight is 1270 g/mol. The molecule has 4 nitrogen and oxygen atoms in total. The number of rotatable bonds is 10.